The van der Waals surface area contributed by atoms with Gasteiger partial charge in [-0.2, -0.15) is 0 Å². The second kappa shape index (κ2) is 8.26. The molecule has 0 unspecified atom stereocenters. The molecule has 4 nitrogen and oxygen atoms in total. The lowest BCUT2D eigenvalue weighted by atomic mass is 10.2. The minimum atomic E-state index is -0.0931. The van der Waals surface area contributed by atoms with Crippen LogP contribution in [0.25, 0.3) is 0 Å². The van der Waals surface area contributed by atoms with Crippen LogP contribution in [0.5, 0.6) is 0 Å². The van der Waals surface area contributed by atoms with Crippen molar-refractivity contribution in [3.63, 3.8) is 0 Å². The van der Waals surface area contributed by atoms with Crippen LogP contribution < -0.4 is 5.32 Å². The fourth-order valence-corrected chi connectivity index (χ4v) is 2.96. The summed E-state index contributed by atoms with van der Waals surface area (Å²) in [5.41, 5.74) is 2.67. The summed E-state index contributed by atoms with van der Waals surface area (Å²) >= 11 is 1.72. The average Bonchev–Trinajstić information content (AvgIpc) is 2.66. The number of thioether (sulfide) groups is 1. The number of nitrogens with zero attached hydrogens (tertiary/aromatic N) is 2. The van der Waals surface area contributed by atoms with E-state index in [1.54, 1.807) is 24.2 Å². The number of benzene rings is 1. The first kappa shape index (κ1) is 16.2. The van der Waals surface area contributed by atoms with E-state index in [1.165, 1.54) is 5.56 Å². The van der Waals surface area contributed by atoms with Crippen LogP contribution in [-0.4, -0.2) is 15.9 Å². The first-order chi connectivity index (χ1) is 11.8. The van der Waals surface area contributed by atoms with Gasteiger partial charge in [0.2, 0.25) is 0 Å². The van der Waals surface area contributed by atoms with Gasteiger partial charge < -0.3 is 5.32 Å². The molecule has 0 saturated heterocycles. The zero-order valence-electron chi connectivity index (χ0n) is 13.1. The van der Waals surface area contributed by atoms with Crippen LogP contribution in [0.4, 0.5) is 0 Å². The molecule has 1 N–H and O–H groups in total. The van der Waals surface area contributed by atoms with E-state index >= 15 is 0 Å². The Morgan fingerprint density at radius 3 is 2.58 bits per heavy atom. The fourth-order valence-electron chi connectivity index (χ4n) is 2.13. The van der Waals surface area contributed by atoms with Crippen molar-refractivity contribution in [2.75, 3.05) is 0 Å². The molecule has 0 aliphatic carbocycles. The summed E-state index contributed by atoms with van der Waals surface area (Å²) in [7, 11) is 0. The molecular formula is C19H17N3OS. The summed E-state index contributed by atoms with van der Waals surface area (Å²) in [6.45, 7) is 0.428. The van der Waals surface area contributed by atoms with Gasteiger partial charge in [0.25, 0.3) is 5.91 Å². The van der Waals surface area contributed by atoms with Crippen molar-refractivity contribution < 1.29 is 4.79 Å². The molecule has 3 rings (SSSR count). The van der Waals surface area contributed by atoms with Crippen molar-refractivity contribution >= 4 is 17.7 Å². The van der Waals surface area contributed by atoms with Crippen molar-refractivity contribution in [1.82, 2.24) is 15.3 Å². The number of nitrogens with one attached hydrogen (secondary N) is 1. The van der Waals surface area contributed by atoms with Crippen LogP contribution in [0.2, 0.25) is 0 Å². The third kappa shape index (κ3) is 4.67. The number of rotatable bonds is 6. The van der Waals surface area contributed by atoms with Crippen molar-refractivity contribution in [3.05, 3.63) is 90.0 Å². The average molecular weight is 335 g/mol. The molecule has 0 atom stereocenters. The number of hydrogen-bond donors (Lipinski definition) is 1. The quantitative estimate of drug-likeness (QED) is 0.698. The molecule has 2 aromatic heterocycles. The Hall–Kier alpha value is -2.66. The van der Waals surface area contributed by atoms with Gasteiger partial charge in [0.05, 0.1) is 12.2 Å². The Kier molecular flexibility index (Phi) is 5.58. The van der Waals surface area contributed by atoms with Crippen LogP contribution >= 0.6 is 11.8 Å². The zero-order valence-corrected chi connectivity index (χ0v) is 13.9. The minimum Gasteiger partial charge on any atom is -0.346 e. The summed E-state index contributed by atoms with van der Waals surface area (Å²) in [6, 6.07) is 17.3. The van der Waals surface area contributed by atoms with Crippen LogP contribution in [0.1, 0.15) is 21.6 Å². The van der Waals surface area contributed by atoms with Crippen LogP contribution in [0.15, 0.2) is 78.1 Å². The number of carbonyl (C=O) groups excluding carboxylic acids is 1. The zero-order chi connectivity index (χ0) is 16.6. The van der Waals surface area contributed by atoms with E-state index < -0.39 is 0 Å². The van der Waals surface area contributed by atoms with Crippen LogP contribution in [-0.2, 0) is 12.3 Å². The number of carbonyl (C=O) groups is 1. The highest BCUT2D eigenvalue weighted by atomic mass is 32.2. The number of aromatic nitrogens is 2. The van der Waals surface area contributed by atoms with Gasteiger partial charge in [-0.05, 0) is 48.0 Å². The molecule has 0 spiro atoms. The molecule has 24 heavy (non-hydrogen) atoms. The summed E-state index contributed by atoms with van der Waals surface area (Å²) < 4.78 is 0. The smallest absolute Gasteiger partial charge is 0.251 e. The van der Waals surface area contributed by atoms with Crippen LogP contribution in [0, 0.1) is 0 Å². The molecule has 0 aliphatic rings. The van der Waals surface area contributed by atoms with Gasteiger partial charge in [0.15, 0.2) is 0 Å². The molecule has 0 fully saturated rings. The van der Waals surface area contributed by atoms with Crippen LogP contribution in [0.3, 0.4) is 0 Å². The fraction of sp³-hybridized carbons (Fsp3) is 0.105. The first-order valence-electron chi connectivity index (χ1n) is 7.61. The van der Waals surface area contributed by atoms with Crippen molar-refractivity contribution in [1.29, 1.82) is 0 Å². The van der Waals surface area contributed by atoms with Gasteiger partial charge in [0.1, 0.15) is 0 Å². The lowest BCUT2D eigenvalue weighted by molar-refractivity contribution is 0.0950. The van der Waals surface area contributed by atoms with E-state index in [2.05, 4.69) is 21.4 Å². The summed E-state index contributed by atoms with van der Waals surface area (Å²) in [4.78, 5) is 21.6. The molecule has 1 aromatic carbocycles. The van der Waals surface area contributed by atoms with Gasteiger partial charge in [-0.25, -0.2) is 0 Å². The predicted molar refractivity (Wildman–Crippen MR) is 95.6 cm³/mol. The van der Waals surface area contributed by atoms with E-state index in [0.717, 1.165) is 16.3 Å². The highest BCUT2D eigenvalue weighted by Crippen LogP contribution is 2.22. The molecule has 0 saturated carbocycles. The summed E-state index contributed by atoms with van der Waals surface area (Å²) in [5.74, 6) is 0.767. The van der Waals surface area contributed by atoms with Crippen molar-refractivity contribution in [2.45, 2.75) is 17.2 Å². The maximum absolute atomic E-state index is 12.2. The highest BCUT2D eigenvalue weighted by Gasteiger charge is 2.06. The van der Waals surface area contributed by atoms with Crippen molar-refractivity contribution in [2.24, 2.45) is 0 Å². The SMILES string of the molecule is O=C(NCc1ccccn1)c1ccc(SCc2cccnc2)cc1. The largest absolute Gasteiger partial charge is 0.346 e. The third-order valence-corrected chi connectivity index (χ3v) is 4.48. The maximum atomic E-state index is 12.2. The second-order valence-corrected chi connectivity index (χ2v) is 6.23. The molecule has 120 valence electrons. The number of hydrogen-bond acceptors (Lipinski definition) is 4. The Bertz CT molecular complexity index is 777. The standard InChI is InChI=1S/C19H17N3OS/c23-19(22-13-17-5-1-2-11-21-17)16-6-8-18(9-7-16)24-14-15-4-3-10-20-12-15/h1-12H,13-14H2,(H,22,23). The van der Waals surface area contributed by atoms with E-state index in [9.17, 15) is 4.79 Å². The molecule has 2 heterocycles. The number of amides is 1. The minimum absolute atomic E-state index is 0.0931. The van der Waals surface area contributed by atoms with E-state index in [-0.39, 0.29) is 5.91 Å². The topological polar surface area (TPSA) is 54.9 Å². The second-order valence-electron chi connectivity index (χ2n) is 5.18. The van der Waals surface area contributed by atoms with Gasteiger partial charge >= 0.3 is 0 Å². The molecule has 3 aromatic rings. The van der Waals surface area contributed by atoms with E-state index in [4.69, 9.17) is 0 Å². The Morgan fingerprint density at radius 2 is 1.88 bits per heavy atom. The molecule has 0 bridgehead atoms. The van der Waals surface area contributed by atoms with E-state index in [1.807, 2.05) is 54.7 Å². The molecule has 0 radical (unpaired) electrons. The molecule has 1 amide bonds. The number of pyridine rings is 2. The highest BCUT2D eigenvalue weighted by molar-refractivity contribution is 7.98. The van der Waals surface area contributed by atoms with Gasteiger partial charge in [0, 0.05) is 34.8 Å². The Balaban J connectivity index is 1.53. The van der Waals surface area contributed by atoms with Gasteiger partial charge in [-0.1, -0.05) is 12.1 Å². The normalized spacial score (nSPS) is 10.3. The molecule has 5 heteroatoms. The van der Waals surface area contributed by atoms with E-state index in [0.29, 0.717) is 12.1 Å². The first-order valence-corrected chi connectivity index (χ1v) is 8.60. The molecular weight excluding hydrogens is 318 g/mol. The summed E-state index contributed by atoms with van der Waals surface area (Å²) in [6.07, 6.45) is 5.36. The summed E-state index contributed by atoms with van der Waals surface area (Å²) in [5, 5.41) is 2.88. The van der Waals surface area contributed by atoms with Gasteiger partial charge in [-0.3, -0.25) is 14.8 Å². The lowest BCUT2D eigenvalue weighted by Crippen LogP contribution is -2.23. The Morgan fingerprint density at radius 1 is 1.00 bits per heavy atom. The van der Waals surface area contributed by atoms with Gasteiger partial charge in [-0.15, -0.1) is 11.8 Å². The monoisotopic (exact) mass is 335 g/mol. The lowest BCUT2D eigenvalue weighted by Gasteiger charge is -2.06. The predicted octanol–water partition coefficient (Wildman–Crippen LogP) is 3.70. The van der Waals surface area contributed by atoms with Crippen molar-refractivity contribution in [3.8, 4) is 0 Å². The Labute approximate surface area is 145 Å². The maximum Gasteiger partial charge on any atom is 0.251 e. The third-order valence-electron chi connectivity index (χ3n) is 3.40. The molecule has 0 aliphatic heterocycles.